The first-order valence-corrected chi connectivity index (χ1v) is 12.0. The molecule has 1 amide bonds. The number of nitrogens with one attached hydrogen (secondary N) is 1. The van der Waals surface area contributed by atoms with Crippen molar-refractivity contribution in [3.05, 3.63) is 58.9 Å². The molecule has 170 valence electrons. The standard InChI is InChI=1S/C23H29N5O3S/c1-15(2)20-11-17(8-9-25-20)23(29)28-10-4-5-16(12-28)13-31-14-18-6-3-7-19-21(18)22(24)27-32(30)26-19/h3,6-9,11,15-16,26H,4-5,10,12-14H2,1-2H3,(H2,24,27)/t16-,32?/m0/s1. The summed E-state index contributed by atoms with van der Waals surface area (Å²) >= 11 is -1.55. The number of anilines is 1. The van der Waals surface area contributed by atoms with Gasteiger partial charge in [0.2, 0.25) is 11.2 Å². The fourth-order valence-electron chi connectivity index (χ4n) is 4.16. The summed E-state index contributed by atoms with van der Waals surface area (Å²) in [6.07, 6.45) is 3.69. The summed E-state index contributed by atoms with van der Waals surface area (Å²) in [5.74, 6) is 0.863. The van der Waals surface area contributed by atoms with Gasteiger partial charge < -0.3 is 15.4 Å². The van der Waals surface area contributed by atoms with Gasteiger partial charge in [-0.2, -0.15) is 4.40 Å². The summed E-state index contributed by atoms with van der Waals surface area (Å²) in [7, 11) is 0. The first kappa shape index (κ1) is 22.4. The van der Waals surface area contributed by atoms with Crippen LogP contribution in [0.25, 0.3) is 0 Å². The molecule has 0 saturated carbocycles. The van der Waals surface area contributed by atoms with Crippen molar-refractivity contribution in [3.8, 4) is 0 Å². The molecule has 3 heterocycles. The van der Waals surface area contributed by atoms with Crippen molar-refractivity contribution < 1.29 is 13.7 Å². The number of pyridine rings is 1. The third kappa shape index (κ3) is 4.99. The first-order chi connectivity index (χ1) is 15.4. The van der Waals surface area contributed by atoms with Gasteiger partial charge in [0, 0.05) is 36.1 Å². The van der Waals surface area contributed by atoms with E-state index in [-0.39, 0.29) is 23.6 Å². The summed E-state index contributed by atoms with van der Waals surface area (Å²) < 4.78 is 24.4. The lowest BCUT2D eigenvalue weighted by Gasteiger charge is -2.33. The van der Waals surface area contributed by atoms with Crippen LogP contribution in [0.2, 0.25) is 0 Å². The molecule has 32 heavy (non-hydrogen) atoms. The lowest BCUT2D eigenvalue weighted by molar-refractivity contribution is 0.0425. The molecule has 2 aliphatic rings. The van der Waals surface area contributed by atoms with Crippen molar-refractivity contribution in [1.82, 2.24) is 9.88 Å². The van der Waals surface area contributed by atoms with E-state index < -0.39 is 11.2 Å². The number of amidine groups is 1. The maximum atomic E-state index is 13.0. The number of nitrogens with two attached hydrogens (primary N) is 1. The van der Waals surface area contributed by atoms with E-state index in [1.807, 2.05) is 29.2 Å². The summed E-state index contributed by atoms with van der Waals surface area (Å²) in [5.41, 5.74) is 9.97. The summed E-state index contributed by atoms with van der Waals surface area (Å²) in [5, 5.41) is 0. The van der Waals surface area contributed by atoms with Crippen molar-refractivity contribution >= 4 is 28.6 Å². The highest BCUT2D eigenvalue weighted by atomic mass is 32.2. The smallest absolute Gasteiger partial charge is 0.253 e. The lowest BCUT2D eigenvalue weighted by atomic mass is 9.98. The second kappa shape index (κ2) is 9.79. The SMILES string of the molecule is CC(C)c1cc(C(=O)N2CCC[C@H](COCc3cccc4c3C(N)=NS(=O)N4)C2)ccn1. The Kier molecular flexibility index (Phi) is 6.86. The van der Waals surface area contributed by atoms with E-state index in [2.05, 4.69) is 28.0 Å². The Morgan fingerprint density at radius 3 is 3.03 bits per heavy atom. The van der Waals surface area contributed by atoms with Crippen LogP contribution in [0.3, 0.4) is 0 Å². The zero-order valence-corrected chi connectivity index (χ0v) is 19.2. The number of fused-ring (bicyclic) bond motifs is 1. The van der Waals surface area contributed by atoms with E-state index in [1.165, 1.54) is 0 Å². The number of hydrogen-bond donors (Lipinski definition) is 2. The van der Waals surface area contributed by atoms with Crippen LogP contribution in [0, 0.1) is 5.92 Å². The van der Waals surface area contributed by atoms with Crippen LogP contribution in [0.15, 0.2) is 40.9 Å². The number of ether oxygens (including phenoxy) is 1. The van der Waals surface area contributed by atoms with Gasteiger partial charge in [0.25, 0.3) is 5.91 Å². The number of nitrogens with zero attached hydrogens (tertiary/aromatic N) is 3. The minimum atomic E-state index is -1.55. The van der Waals surface area contributed by atoms with Gasteiger partial charge in [0.1, 0.15) is 5.84 Å². The van der Waals surface area contributed by atoms with Gasteiger partial charge in [-0.25, -0.2) is 4.21 Å². The molecule has 2 aromatic rings. The number of carbonyl (C=O) groups excluding carboxylic acids is 1. The van der Waals surface area contributed by atoms with Gasteiger partial charge in [0.15, 0.2) is 0 Å². The zero-order chi connectivity index (χ0) is 22.7. The minimum absolute atomic E-state index is 0.0548. The van der Waals surface area contributed by atoms with Crippen molar-refractivity contribution in [2.75, 3.05) is 24.4 Å². The quantitative estimate of drug-likeness (QED) is 0.696. The number of carbonyl (C=O) groups is 1. The number of amides is 1. The minimum Gasteiger partial charge on any atom is -0.382 e. The first-order valence-electron chi connectivity index (χ1n) is 10.9. The zero-order valence-electron chi connectivity index (χ0n) is 18.4. The maximum Gasteiger partial charge on any atom is 0.253 e. The third-order valence-corrected chi connectivity index (χ3v) is 6.58. The van der Waals surface area contributed by atoms with Crippen LogP contribution in [-0.4, -0.2) is 45.5 Å². The predicted octanol–water partition coefficient (Wildman–Crippen LogP) is 2.98. The molecule has 1 saturated heterocycles. The van der Waals surface area contributed by atoms with E-state index in [0.29, 0.717) is 31.0 Å². The van der Waals surface area contributed by atoms with E-state index in [4.69, 9.17) is 10.5 Å². The molecule has 2 atom stereocenters. The number of piperidine rings is 1. The second-order valence-electron chi connectivity index (χ2n) is 8.57. The molecule has 9 heteroatoms. The van der Waals surface area contributed by atoms with Gasteiger partial charge in [-0.3, -0.25) is 14.5 Å². The van der Waals surface area contributed by atoms with Crippen molar-refractivity contribution in [2.45, 2.75) is 39.2 Å². The van der Waals surface area contributed by atoms with E-state index >= 15 is 0 Å². The fourth-order valence-corrected chi connectivity index (χ4v) is 4.83. The van der Waals surface area contributed by atoms with Crippen LogP contribution in [0.5, 0.6) is 0 Å². The highest BCUT2D eigenvalue weighted by molar-refractivity contribution is 7.85. The lowest BCUT2D eigenvalue weighted by Crippen LogP contribution is -2.41. The Morgan fingerprint density at radius 1 is 1.38 bits per heavy atom. The van der Waals surface area contributed by atoms with Crippen molar-refractivity contribution in [3.63, 3.8) is 0 Å². The molecule has 0 aliphatic carbocycles. The number of hydrogen-bond acceptors (Lipinski definition) is 5. The molecule has 0 bridgehead atoms. The third-order valence-electron chi connectivity index (χ3n) is 5.82. The van der Waals surface area contributed by atoms with Crippen molar-refractivity contribution in [1.29, 1.82) is 0 Å². The average Bonchev–Trinajstić information content (AvgIpc) is 2.78. The molecule has 0 spiro atoms. The molecule has 1 aromatic carbocycles. The Hall–Kier alpha value is -2.78. The van der Waals surface area contributed by atoms with Gasteiger partial charge >= 0.3 is 0 Å². The molecule has 2 aliphatic heterocycles. The summed E-state index contributed by atoms with van der Waals surface area (Å²) in [4.78, 5) is 19.3. The molecule has 1 unspecified atom stereocenters. The normalized spacial score (nSPS) is 20.5. The predicted molar refractivity (Wildman–Crippen MR) is 126 cm³/mol. The van der Waals surface area contributed by atoms with Gasteiger partial charge in [-0.05, 0) is 48.4 Å². The Balaban J connectivity index is 1.36. The monoisotopic (exact) mass is 455 g/mol. The van der Waals surface area contributed by atoms with Crippen LogP contribution < -0.4 is 10.5 Å². The number of rotatable bonds is 6. The van der Waals surface area contributed by atoms with Crippen molar-refractivity contribution in [2.24, 2.45) is 16.0 Å². The van der Waals surface area contributed by atoms with Crippen LogP contribution in [0.4, 0.5) is 5.69 Å². The number of benzene rings is 1. The molecular weight excluding hydrogens is 426 g/mol. The van der Waals surface area contributed by atoms with E-state index in [1.54, 1.807) is 12.3 Å². The Labute approximate surface area is 191 Å². The number of likely N-dealkylation sites (tertiary alicyclic amines) is 1. The van der Waals surface area contributed by atoms with E-state index in [0.717, 1.165) is 36.2 Å². The molecular formula is C23H29N5O3S. The fraction of sp³-hybridized carbons (Fsp3) is 0.435. The van der Waals surface area contributed by atoms with Gasteiger partial charge in [-0.1, -0.05) is 26.0 Å². The Bertz CT molecular complexity index is 1060. The van der Waals surface area contributed by atoms with Crippen LogP contribution in [0.1, 0.15) is 59.8 Å². The topological polar surface area (TPSA) is 110 Å². The van der Waals surface area contributed by atoms with Gasteiger partial charge in [0.05, 0.1) is 18.9 Å². The highest BCUT2D eigenvalue weighted by Crippen LogP contribution is 2.26. The average molecular weight is 456 g/mol. The molecule has 8 nitrogen and oxygen atoms in total. The molecule has 1 fully saturated rings. The van der Waals surface area contributed by atoms with Crippen LogP contribution in [-0.2, 0) is 22.5 Å². The molecule has 3 N–H and O–H groups in total. The largest absolute Gasteiger partial charge is 0.382 e. The summed E-state index contributed by atoms with van der Waals surface area (Å²) in [6.45, 7) is 6.51. The van der Waals surface area contributed by atoms with Crippen LogP contribution >= 0.6 is 0 Å². The highest BCUT2D eigenvalue weighted by Gasteiger charge is 2.25. The molecule has 4 rings (SSSR count). The second-order valence-corrected chi connectivity index (χ2v) is 9.45. The summed E-state index contributed by atoms with van der Waals surface area (Å²) in [6, 6.07) is 9.33. The molecule has 1 aromatic heterocycles. The van der Waals surface area contributed by atoms with Gasteiger partial charge in [-0.15, -0.1) is 0 Å². The number of aromatic nitrogens is 1. The maximum absolute atomic E-state index is 13.0. The Morgan fingerprint density at radius 2 is 2.22 bits per heavy atom. The molecule has 0 radical (unpaired) electrons. The van der Waals surface area contributed by atoms with E-state index in [9.17, 15) is 9.00 Å².